The summed E-state index contributed by atoms with van der Waals surface area (Å²) >= 11 is 13.8. The molecule has 0 radical (unpaired) electrons. The number of hydrogen-bond donors (Lipinski definition) is 1. The van der Waals surface area contributed by atoms with Crippen LogP contribution >= 0.6 is 45.8 Å². The summed E-state index contributed by atoms with van der Waals surface area (Å²) in [5, 5.41) is 0.603. The fourth-order valence-corrected chi connectivity index (χ4v) is 1.79. The highest BCUT2D eigenvalue weighted by Crippen LogP contribution is 2.34. The maximum absolute atomic E-state index is 5.95. The molecule has 1 heterocycles. The maximum atomic E-state index is 5.95. The summed E-state index contributed by atoms with van der Waals surface area (Å²) in [6.07, 6.45) is 0. The van der Waals surface area contributed by atoms with E-state index in [0.717, 1.165) is 0 Å². The van der Waals surface area contributed by atoms with Crippen LogP contribution < -0.4 is 5.73 Å². The summed E-state index contributed by atoms with van der Waals surface area (Å²) in [7, 11) is 1.47. The van der Waals surface area contributed by atoms with E-state index in [9.17, 15) is 0 Å². The zero-order valence-electron chi connectivity index (χ0n) is 7.27. The van der Waals surface area contributed by atoms with Crippen LogP contribution in [-0.4, -0.2) is 12.1 Å². The highest BCUT2D eigenvalue weighted by molar-refractivity contribution is 14.1. The second-order valence-corrected chi connectivity index (χ2v) is 4.23. The first-order valence-electron chi connectivity index (χ1n) is 3.52. The van der Waals surface area contributed by atoms with Crippen molar-refractivity contribution in [1.82, 2.24) is 4.98 Å². The molecule has 0 saturated heterocycles. The molecule has 0 atom stereocenters. The van der Waals surface area contributed by atoms with Crippen LogP contribution in [0.5, 0.6) is 0 Å². The van der Waals surface area contributed by atoms with Crippen molar-refractivity contribution in [3.05, 3.63) is 26.0 Å². The van der Waals surface area contributed by atoms with Gasteiger partial charge in [0.25, 0.3) is 0 Å². The summed E-state index contributed by atoms with van der Waals surface area (Å²) in [6, 6.07) is 0. The third-order valence-electron chi connectivity index (χ3n) is 1.58. The molecule has 2 N–H and O–H groups in total. The van der Waals surface area contributed by atoms with Crippen molar-refractivity contribution >= 4 is 57.2 Å². The Morgan fingerprint density at radius 3 is 2.64 bits per heavy atom. The van der Waals surface area contributed by atoms with Crippen LogP contribution in [0.15, 0.2) is 6.58 Å². The Bertz CT molecular complexity index is 395. The highest BCUT2D eigenvalue weighted by Gasteiger charge is 2.15. The van der Waals surface area contributed by atoms with Gasteiger partial charge in [-0.25, -0.2) is 4.98 Å². The molecule has 0 fully saturated rings. The van der Waals surface area contributed by atoms with Gasteiger partial charge in [-0.2, -0.15) is 0 Å². The first-order chi connectivity index (χ1) is 6.49. The molecule has 0 bridgehead atoms. The van der Waals surface area contributed by atoms with Gasteiger partial charge in [0.2, 0.25) is 0 Å². The lowest BCUT2D eigenvalue weighted by molar-refractivity contribution is 0.369. The van der Waals surface area contributed by atoms with Gasteiger partial charge in [-0.05, 0) is 22.6 Å². The Balaban J connectivity index is 3.40. The average Bonchev–Trinajstić information content (AvgIpc) is 2.19. The van der Waals surface area contributed by atoms with Crippen molar-refractivity contribution < 1.29 is 4.74 Å². The molecule has 0 spiro atoms. The standard InChI is InChI=1S/C8H7Cl2IN2O/c1-3(14-2)7-4(9)6(12)5(11)8(10)13-7/h1H2,2H3,(H2,12,13). The van der Waals surface area contributed by atoms with Crippen LogP contribution in [0.25, 0.3) is 5.76 Å². The molecular weight excluding hydrogens is 338 g/mol. The third-order valence-corrected chi connectivity index (χ3v) is 3.65. The third kappa shape index (κ3) is 2.07. The summed E-state index contributed by atoms with van der Waals surface area (Å²) < 4.78 is 5.54. The molecule has 0 amide bonds. The predicted octanol–water partition coefficient (Wildman–Crippen LogP) is 3.19. The van der Waals surface area contributed by atoms with E-state index >= 15 is 0 Å². The number of rotatable bonds is 2. The number of nitrogen functional groups attached to an aromatic ring is 1. The Labute approximate surface area is 105 Å². The molecule has 0 aliphatic heterocycles. The van der Waals surface area contributed by atoms with Crippen molar-refractivity contribution in [2.24, 2.45) is 0 Å². The molecule has 3 nitrogen and oxygen atoms in total. The Morgan fingerprint density at radius 1 is 1.57 bits per heavy atom. The molecule has 0 unspecified atom stereocenters. The van der Waals surface area contributed by atoms with Gasteiger partial charge in [-0.15, -0.1) is 0 Å². The minimum Gasteiger partial charge on any atom is -0.495 e. The van der Waals surface area contributed by atoms with E-state index in [1.807, 2.05) is 22.6 Å². The summed E-state index contributed by atoms with van der Waals surface area (Å²) in [6.45, 7) is 3.63. The van der Waals surface area contributed by atoms with Gasteiger partial charge in [-0.3, -0.25) is 0 Å². The number of nitrogens with zero attached hydrogens (tertiary/aromatic N) is 1. The Hall–Kier alpha value is -0.200. The number of anilines is 1. The minimum atomic E-state index is 0.292. The van der Waals surface area contributed by atoms with Crippen molar-refractivity contribution in [3.63, 3.8) is 0 Å². The van der Waals surface area contributed by atoms with E-state index in [2.05, 4.69) is 11.6 Å². The van der Waals surface area contributed by atoms with Crippen molar-refractivity contribution in [3.8, 4) is 0 Å². The highest BCUT2D eigenvalue weighted by atomic mass is 127. The number of methoxy groups -OCH3 is 1. The van der Waals surface area contributed by atoms with E-state index in [0.29, 0.717) is 30.9 Å². The lowest BCUT2D eigenvalue weighted by atomic mass is 10.3. The second-order valence-electron chi connectivity index (χ2n) is 2.42. The first-order valence-corrected chi connectivity index (χ1v) is 5.35. The van der Waals surface area contributed by atoms with Crippen LogP contribution in [0.3, 0.4) is 0 Å². The quantitative estimate of drug-likeness (QED) is 0.509. The zero-order chi connectivity index (χ0) is 10.9. The van der Waals surface area contributed by atoms with Crippen molar-refractivity contribution in [2.75, 3.05) is 12.8 Å². The minimum absolute atomic E-state index is 0.292. The van der Waals surface area contributed by atoms with E-state index < -0.39 is 0 Å². The van der Waals surface area contributed by atoms with Crippen molar-refractivity contribution in [2.45, 2.75) is 0 Å². The predicted molar refractivity (Wildman–Crippen MR) is 67.4 cm³/mol. The molecule has 0 saturated carbocycles. The lowest BCUT2D eigenvalue weighted by Crippen LogP contribution is -2.00. The molecular formula is C8H7Cl2IN2O. The normalized spacial score (nSPS) is 10.0. The molecule has 6 heteroatoms. The number of hydrogen-bond acceptors (Lipinski definition) is 3. The fraction of sp³-hybridized carbons (Fsp3) is 0.125. The largest absolute Gasteiger partial charge is 0.495 e. The molecule has 1 rings (SSSR count). The van der Waals surface area contributed by atoms with Crippen LogP contribution in [0.4, 0.5) is 5.69 Å². The number of nitrogens with two attached hydrogens (primary N) is 1. The van der Waals surface area contributed by atoms with E-state index in [1.165, 1.54) is 7.11 Å². The number of aromatic nitrogens is 1. The summed E-state index contributed by atoms with van der Waals surface area (Å²) in [5.74, 6) is 0.333. The van der Waals surface area contributed by atoms with Gasteiger partial charge in [0.1, 0.15) is 16.6 Å². The molecule has 14 heavy (non-hydrogen) atoms. The van der Waals surface area contributed by atoms with Gasteiger partial charge >= 0.3 is 0 Å². The molecule has 0 aliphatic carbocycles. The van der Waals surface area contributed by atoms with Crippen LogP contribution in [-0.2, 0) is 4.74 Å². The van der Waals surface area contributed by atoms with Gasteiger partial charge in [-0.1, -0.05) is 29.8 Å². The smallest absolute Gasteiger partial charge is 0.145 e. The van der Waals surface area contributed by atoms with E-state index in [-0.39, 0.29) is 0 Å². The number of ether oxygens (including phenoxy) is 1. The molecule has 0 aromatic carbocycles. The fourth-order valence-electron chi connectivity index (χ4n) is 0.813. The molecule has 1 aromatic rings. The van der Waals surface area contributed by atoms with Gasteiger partial charge in [0.05, 0.1) is 21.4 Å². The van der Waals surface area contributed by atoms with Crippen LogP contribution in [0, 0.1) is 3.57 Å². The number of halogens is 3. The maximum Gasteiger partial charge on any atom is 0.145 e. The first kappa shape index (κ1) is 11.9. The second kappa shape index (κ2) is 4.55. The van der Waals surface area contributed by atoms with Crippen LogP contribution in [0.1, 0.15) is 5.69 Å². The Kier molecular flexibility index (Phi) is 3.86. The lowest BCUT2D eigenvalue weighted by Gasteiger charge is -2.10. The monoisotopic (exact) mass is 344 g/mol. The average molecular weight is 345 g/mol. The van der Waals surface area contributed by atoms with E-state index in [1.54, 1.807) is 0 Å². The van der Waals surface area contributed by atoms with Gasteiger partial charge in [0.15, 0.2) is 0 Å². The summed E-state index contributed by atoms with van der Waals surface area (Å²) in [4.78, 5) is 4.03. The molecule has 76 valence electrons. The molecule has 1 aromatic heterocycles. The number of pyridine rings is 1. The zero-order valence-corrected chi connectivity index (χ0v) is 10.9. The van der Waals surface area contributed by atoms with Crippen molar-refractivity contribution in [1.29, 1.82) is 0 Å². The Morgan fingerprint density at radius 2 is 2.14 bits per heavy atom. The summed E-state index contributed by atoms with van der Waals surface area (Å²) in [5.41, 5.74) is 6.48. The van der Waals surface area contributed by atoms with Gasteiger partial charge < -0.3 is 10.5 Å². The van der Waals surface area contributed by atoms with Gasteiger partial charge in [0, 0.05) is 0 Å². The van der Waals surface area contributed by atoms with E-state index in [4.69, 9.17) is 33.7 Å². The topological polar surface area (TPSA) is 48.1 Å². The molecule has 0 aliphatic rings. The SMILES string of the molecule is C=C(OC)c1nc(Cl)c(I)c(N)c1Cl. The van der Waals surface area contributed by atoms with Crippen LogP contribution in [0.2, 0.25) is 10.2 Å².